The van der Waals surface area contributed by atoms with Gasteiger partial charge in [0.1, 0.15) is 0 Å². The average molecular weight is 340 g/mol. The third kappa shape index (κ3) is 4.61. The minimum atomic E-state index is -0.105. The van der Waals surface area contributed by atoms with E-state index in [1.165, 1.54) is 0 Å². The lowest BCUT2D eigenvalue weighted by atomic mass is 10.2. The van der Waals surface area contributed by atoms with Crippen molar-refractivity contribution in [2.24, 2.45) is 0 Å². The van der Waals surface area contributed by atoms with Crippen molar-refractivity contribution in [2.75, 3.05) is 18.4 Å². The van der Waals surface area contributed by atoms with E-state index in [4.69, 9.17) is 0 Å². The molecule has 1 aromatic rings. The van der Waals surface area contributed by atoms with Crippen LogP contribution >= 0.6 is 15.9 Å². The molecule has 1 aliphatic rings. The predicted molar refractivity (Wildman–Crippen MR) is 81.4 cm³/mol. The van der Waals surface area contributed by atoms with Gasteiger partial charge in [0.15, 0.2) is 0 Å². The molecule has 1 unspecified atom stereocenters. The second-order valence-corrected chi connectivity index (χ2v) is 5.66. The smallest absolute Gasteiger partial charge is 0.237 e. The number of benzene rings is 1. The van der Waals surface area contributed by atoms with Crippen molar-refractivity contribution in [3.8, 4) is 0 Å². The van der Waals surface area contributed by atoms with E-state index in [1.807, 2.05) is 24.3 Å². The largest absolute Gasteiger partial charge is 0.354 e. The second-order valence-electron chi connectivity index (χ2n) is 4.75. The van der Waals surface area contributed by atoms with Gasteiger partial charge in [-0.15, -0.1) is 0 Å². The highest BCUT2D eigenvalue weighted by Gasteiger charge is 2.21. The topological polar surface area (TPSA) is 70.2 Å². The van der Waals surface area contributed by atoms with Gasteiger partial charge in [-0.05, 0) is 43.7 Å². The fraction of sp³-hybridized carbons (Fsp3) is 0.429. The first-order valence-electron chi connectivity index (χ1n) is 6.71. The molecular weight excluding hydrogens is 322 g/mol. The molecular formula is C14H18BrN3O2. The highest BCUT2D eigenvalue weighted by Crippen LogP contribution is 2.14. The summed E-state index contributed by atoms with van der Waals surface area (Å²) in [5.74, 6) is -0.119. The molecule has 3 N–H and O–H groups in total. The van der Waals surface area contributed by atoms with Crippen molar-refractivity contribution in [2.45, 2.75) is 25.3 Å². The van der Waals surface area contributed by atoms with E-state index >= 15 is 0 Å². The molecule has 5 nitrogen and oxygen atoms in total. The zero-order valence-corrected chi connectivity index (χ0v) is 12.7. The van der Waals surface area contributed by atoms with Crippen LogP contribution in [-0.4, -0.2) is 30.9 Å². The Hall–Kier alpha value is -1.40. The average Bonchev–Trinajstić information content (AvgIpc) is 2.95. The summed E-state index contributed by atoms with van der Waals surface area (Å²) in [7, 11) is 0. The molecule has 1 heterocycles. The van der Waals surface area contributed by atoms with E-state index in [-0.39, 0.29) is 24.3 Å². The summed E-state index contributed by atoms with van der Waals surface area (Å²) in [5, 5.41) is 8.69. The number of amides is 2. The lowest BCUT2D eigenvalue weighted by Gasteiger charge is -2.11. The van der Waals surface area contributed by atoms with Crippen LogP contribution in [0.5, 0.6) is 0 Å². The van der Waals surface area contributed by atoms with Crippen LogP contribution in [-0.2, 0) is 9.59 Å². The quantitative estimate of drug-likeness (QED) is 0.763. The Morgan fingerprint density at radius 2 is 2.05 bits per heavy atom. The van der Waals surface area contributed by atoms with Gasteiger partial charge in [-0.25, -0.2) is 0 Å². The third-order valence-electron chi connectivity index (χ3n) is 3.16. The van der Waals surface area contributed by atoms with Gasteiger partial charge in [0, 0.05) is 23.1 Å². The zero-order chi connectivity index (χ0) is 14.4. The Bertz CT molecular complexity index is 470. The van der Waals surface area contributed by atoms with E-state index in [0.717, 1.165) is 29.5 Å². The maximum Gasteiger partial charge on any atom is 0.237 e. The molecule has 0 aromatic heterocycles. The molecule has 2 amide bonds. The highest BCUT2D eigenvalue weighted by molar-refractivity contribution is 9.10. The van der Waals surface area contributed by atoms with Crippen LogP contribution in [0.25, 0.3) is 0 Å². The van der Waals surface area contributed by atoms with Crippen molar-refractivity contribution in [3.05, 3.63) is 28.7 Å². The summed E-state index contributed by atoms with van der Waals surface area (Å²) in [4.78, 5) is 23.4. The van der Waals surface area contributed by atoms with Gasteiger partial charge < -0.3 is 16.0 Å². The van der Waals surface area contributed by atoms with E-state index in [1.54, 1.807) is 0 Å². The van der Waals surface area contributed by atoms with Crippen LogP contribution in [0, 0.1) is 0 Å². The minimum Gasteiger partial charge on any atom is -0.354 e. The van der Waals surface area contributed by atoms with Crippen LogP contribution in [0.2, 0.25) is 0 Å². The minimum absolute atomic E-state index is 0.0149. The van der Waals surface area contributed by atoms with E-state index in [0.29, 0.717) is 6.54 Å². The van der Waals surface area contributed by atoms with E-state index in [9.17, 15) is 9.59 Å². The molecule has 1 aromatic carbocycles. The van der Waals surface area contributed by atoms with Crippen LogP contribution in [0.3, 0.4) is 0 Å². The standard InChI is InChI=1S/C14H18BrN3O2/c15-10-3-5-11(6-4-10)18-13(19)7-9-17-14(20)12-2-1-8-16-12/h3-6,12,16H,1-2,7-9H2,(H,17,20)(H,18,19). The van der Waals surface area contributed by atoms with Crippen molar-refractivity contribution >= 4 is 33.4 Å². The highest BCUT2D eigenvalue weighted by atomic mass is 79.9. The molecule has 2 rings (SSSR count). The number of anilines is 1. The molecule has 0 bridgehead atoms. The number of halogens is 1. The number of nitrogens with one attached hydrogen (secondary N) is 3. The molecule has 0 saturated carbocycles. The van der Waals surface area contributed by atoms with Gasteiger partial charge in [-0.3, -0.25) is 9.59 Å². The van der Waals surface area contributed by atoms with Crippen LogP contribution in [0.4, 0.5) is 5.69 Å². The van der Waals surface area contributed by atoms with Crippen molar-refractivity contribution in [3.63, 3.8) is 0 Å². The first kappa shape index (κ1) is 15.0. The molecule has 1 saturated heterocycles. The summed E-state index contributed by atoms with van der Waals surface area (Å²) in [6, 6.07) is 7.28. The Labute approximate surface area is 126 Å². The first-order valence-corrected chi connectivity index (χ1v) is 7.51. The number of hydrogen-bond acceptors (Lipinski definition) is 3. The molecule has 0 radical (unpaired) electrons. The fourth-order valence-corrected chi connectivity index (χ4v) is 2.35. The van der Waals surface area contributed by atoms with Crippen molar-refractivity contribution in [1.29, 1.82) is 0 Å². The van der Waals surface area contributed by atoms with E-state index in [2.05, 4.69) is 31.9 Å². The maximum atomic E-state index is 11.7. The van der Waals surface area contributed by atoms with Crippen LogP contribution < -0.4 is 16.0 Å². The summed E-state index contributed by atoms with van der Waals surface area (Å²) >= 11 is 3.34. The predicted octanol–water partition coefficient (Wildman–Crippen LogP) is 1.65. The van der Waals surface area contributed by atoms with Gasteiger partial charge >= 0.3 is 0 Å². The van der Waals surface area contributed by atoms with Crippen LogP contribution in [0.1, 0.15) is 19.3 Å². The number of carbonyl (C=O) groups excluding carboxylic acids is 2. The van der Waals surface area contributed by atoms with Crippen molar-refractivity contribution in [1.82, 2.24) is 10.6 Å². The molecule has 1 fully saturated rings. The van der Waals surface area contributed by atoms with Gasteiger partial charge in [0.2, 0.25) is 11.8 Å². The third-order valence-corrected chi connectivity index (χ3v) is 3.68. The maximum absolute atomic E-state index is 11.7. The Morgan fingerprint density at radius 3 is 2.70 bits per heavy atom. The molecule has 0 spiro atoms. The zero-order valence-electron chi connectivity index (χ0n) is 11.1. The van der Waals surface area contributed by atoms with Crippen LogP contribution in [0.15, 0.2) is 28.7 Å². The van der Waals surface area contributed by atoms with Crippen molar-refractivity contribution < 1.29 is 9.59 Å². The molecule has 1 atom stereocenters. The summed E-state index contributed by atoms with van der Waals surface area (Å²) in [5.41, 5.74) is 0.752. The van der Waals surface area contributed by atoms with Gasteiger partial charge in [0.25, 0.3) is 0 Å². The Balaban J connectivity index is 1.67. The fourth-order valence-electron chi connectivity index (χ4n) is 2.09. The molecule has 1 aliphatic heterocycles. The van der Waals surface area contributed by atoms with Gasteiger partial charge in [-0.1, -0.05) is 15.9 Å². The summed E-state index contributed by atoms with van der Waals surface area (Å²) < 4.78 is 0.965. The number of hydrogen-bond donors (Lipinski definition) is 3. The second kappa shape index (κ2) is 7.40. The molecule has 0 aliphatic carbocycles. The number of carbonyl (C=O) groups is 2. The monoisotopic (exact) mass is 339 g/mol. The van der Waals surface area contributed by atoms with Gasteiger partial charge in [0.05, 0.1) is 6.04 Å². The van der Waals surface area contributed by atoms with E-state index < -0.39 is 0 Å². The summed E-state index contributed by atoms with van der Waals surface area (Å²) in [6.45, 7) is 1.25. The SMILES string of the molecule is O=C(CCNC(=O)C1CCCN1)Nc1ccc(Br)cc1. The Morgan fingerprint density at radius 1 is 1.30 bits per heavy atom. The lowest BCUT2D eigenvalue weighted by Crippen LogP contribution is -2.41. The number of rotatable bonds is 5. The van der Waals surface area contributed by atoms with Gasteiger partial charge in [-0.2, -0.15) is 0 Å². The summed E-state index contributed by atoms with van der Waals surface area (Å²) in [6.07, 6.45) is 2.17. The molecule has 6 heteroatoms. The Kier molecular flexibility index (Phi) is 5.55. The molecule has 108 valence electrons. The first-order chi connectivity index (χ1) is 9.65. The normalized spacial score (nSPS) is 17.8. The lowest BCUT2D eigenvalue weighted by molar-refractivity contribution is -0.122. The molecule has 20 heavy (non-hydrogen) atoms.